The van der Waals surface area contributed by atoms with Gasteiger partial charge in [0.15, 0.2) is 5.13 Å². The highest BCUT2D eigenvalue weighted by atomic mass is 32.1. The summed E-state index contributed by atoms with van der Waals surface area (Å²) < 4.78 is 0. The predicted octanol–water partition coefficient (Wildman–Crippen LogP) is 3.15. The lowest BCUT2D eigenvalue weighted by Crippen LogP contribution is -1.85. The van der Waals surface area contributed by atoms with Crippen molar-refractivity contribution in [2.75, 3.05) is 12.4 Å². The molecule has 0 atom stereocenters. The SMILES string of the molecule is CNc1nc(C)c(Cc2cccs2)s1. The lowest BCUT2D eigenvalue weighted by Gasteiger charge is -1.93. The third-order valence-electron chi connectivity index (χ3n) is 2.02. The van der Waals surface area contributed by atoms with Crippen molar-refractivity contribution >= 4 is 27.8 Å². The maximum Gasteiger partial charge on any atom is 0.182 e. The van der Waals surface area contributed by atoms with Crippen LogP contribution in [0, 0.1) is 6.92 Å². The van der Waals surface area contributed by atoms with Gasteiger partial charge in [-0.05, 0) is 18.4 Å². The van der Waals surface area contributed by atoms with Gasteiger partial charge in [0, 0.05) is 23.2 Å². The lowest BCUT2D eigenvalue weighted by atomic mass is 10.3. The number of anilines is 1. The summed E-state index contributed by atoms with van der Waals surface area (Å²) in [6.45, 7) is 2.07. The predicted molar refractivity (Wildman–Crippen MR) is 63.5 cm³/mol. The Morgan fingerprint density at radius 3 is 2.93 bits per heavy atom. The monoisotopic (exact) mass is 224 g/mol. The van der Waals surface area contributed by atoms with E-state index in [1.165, 1.54) is 9.75 Å². The smallest absolute Gasteiger partial charge is 0.182 e. The van der Waals surface area contributed by atoms with Crippen molar-refractivity contribution < 1.29 is 0 Å². The highest BCUT2D eigenvalue weighted by molar-refractivity contribution is 7.16. The summed E-state index contributed by atoms with van der Waals surface area (Å²) in [6, 6.07) is 4.26. The van der Waals surface area contributed by atoms with Crippen LogP contribution in [0.4, 0.5) is 5.13 Å². The molecule has 0 radical (unpaired) electrons. The topological polar surface area (TPSA) is 24.9 Å². The van der Waals surface area contributed by atoms with E-state index in [1.54, 1.807) is 22.7 Å². The first-order valence-electron chi connectivity index (χ1n) is 4.46. The van der Waals surface area contributed by atoms with E-state index in [0.717, 1.165) is 17.2 Å². The van der Waals surface area contributed by atoms with Crippen molar-refractivity contribution in [3.8, 4) is 0 Å². The standard InChI is InChI=1S/C10H12N2S2/c1-7-9(14-10(11-2)12-7)6-8-4-3-5-13-8/h3-5H,6H2,1-2H3,(H,11,12). The number of rotatable bonds is 3. The van der Waals surface area contributed by atoms with Gasteiger partial charge < -0.3 is 5.32 Å². The molecule has 74 valence electrons. The zero-order valence-electron chi connectivity index (χ0n) is 8.20. The third-order valence-corrected chi connectivity index (χ3v) is 4.07. The summed E-state index contributed by atoms with van der Waals surface area (Å²) in [4.78, 5) is 7.18. The summed E-state index contributed by atoms with van der Waals surface area (Å²) in [5, 5.41) is 6.20. The molecule has 2 aromatic heterocycles. The number of aryl methyl sites for hydroxylation is 1. The maximum atomic E-state index is 4.42. The van der Waals surface area contributed by atoms with Crippen LogP contribution in [-0.4, -0.2) is 12.0 Å². The molecule has 1 N–H and O–H groups in total. The summed E-state index contributed by atoms with van der Waals surface area (Å²) in [7, 11) is 1.91. The van der Waals surface area contributed by atoms with Gasteiger partial charge in [0.1, 0.15) is 0 Å². The van der Waals surface area contributed by atoms with Crippen LogP contribution in [0.25, 0.3) is 0 Å². The Bertz CT molecular complexity index is 404. The molecule has 0 aliphatic rings. The van der Waals surface area contributed by atoms with Gasteiger partial charge in [0.2, 0.25) is 0 Å². The summed E-state index contributed by atoms with van der Waals surface area (Å²) in [5.41, 5.74) is 1.15. The molecule has 0 fully saturated rings. The Morgan fingerprint density at radius 1 is 1.50 bits per heavy atom. The molecule has 14 heavy (non-hydrogen) atoms. The average molecular weight is 224 g/mol. The quantitative estimate of drug-likeness (QED) is 0.866. The molecule has 0 bridgehead atoms. The number of thiophene rings is 1. The largest absolute Gasteiger partial charge is 0.365 e. The minimum Gasteiger partial charge on any atom is -0.365 e. The molecule has 2 aromatic rings. The Hall–Kier alpha value is -0.870. The zero-order valence-corrected chi connectivity index (χ0v) is 9.84. The van der Waals surface area contributed by atoms with E-state index < -0.39 is 0 Å². The molecule has 0 aliphatic heterocycles. The van der Waals surface area contributed by atoms with Crippen molar-refractivity contribution in [1.82, 2.24) is 4.98 Å². The Kier molecular flexibility index (Phi) is 2.84. The molecule has 2 nitrogen and oxygen atoms in total. The van der Waals surface area contributed by atoms with Crippen LogP contribution < -0.4 is 5.32 Å². The summed E-state index contributed by atoms with van der Waals surface area (Å²) in [5.74, 6) is 0. The Balaban J connectivity index is 2.20. The van der Waals surface area contributed by atoms with Crippen molar-refractivity contribution in [2.45, 2.75) is 13.3 Å². The van der Waals surface area contributed by atoms with Gasteiger partial charge in [-0.1, -0.05) is 6.07 Å². The van der Waals surface area contributed by atoms with Crippen LogP contribution in [-0.2, 0) is 6.42 Å². The lowest BCUT2D eigenvalue weighted by molar-refractivity contribution is 1.17. The van der Waals surface area contributed by atoms with Gasteiger partial charge in [-0.25, -0.2) is 4.98 Å². The molecule has 0 spiro atoms. The number of nitrogens with one attached hydrogen (secondary N) is 1. The molecular weight excluding hydrogens is 212 g/mol. The van der Waals surface area contributed by atoms with E-state index in [2.05, 4.69) is 34.7 Å². The first kappa shape index (κ1) is 9.68. The number of hydrogen-bond donors (Lipinski definition) is 1. The molecule has 0 saturated heterocycles. The molecule has 0 saturated carbocycles. The van der Waals surface area contributed by atoms with Crippen molar-refractivity contribution in [3.63, 3.8) is 0 Å². The zero-order chi connectivity index (χ0) is 9.97. The number of thiazole rings is 1. The highest BCUT2D eigenvalue weighted by Gasteiger charge is 2.07. The second-order valence-electron chi connectivity index (χ2n) is 3.03. The third kappa shape index (κ3) is 1.96. The van der Waals surface area contributed by atoms with Crippen LogP contribution in [0.5, 0.6) is 0 Å². The normalized spacial score (nSPS) is 10.4. The fraction of sp³-hybridized carbons (Fsp3) is 0.300. The van der Waals surface area contributed by atoms with Crippen molar-refractivity contribution in [3.05, 3.63) is 33.0 Å². The molecule has 0 amide bonds. The average Bonchev–Trinajstić information content (AvgIpc) is 2.78. The van der Waals surface area contributed by atoms with Gasteiger partial charge in [-0.15, -0.1) is 22.7 Å². The maximum absolute atomic E-state index is 4.42. The van der Waals surface area contributed by atoms with Crippen LogP contribution >= 0.6 is 22.7 Å². The molecule has 0 unspecified atom stereocenters. The molecule has 2 heterocycles. The Labute approximate surface area is 91.6 Å². The second-order valence-corrected chi connectivity index (χ2v) is 5.15. The van der Waals surface area contributed by atoms with Crippen LogP contribution in [0.1, 0.15) is 15.4 Å². The Morgan fingerprint density at radius 2 is 2.36 bits per heavy atom. The van der Waals surface area contributed by atoms with E-state index in [1.807, 2.05) is 7.05 Å². The summed E-state index contributed by atoms with van der Waals surface area (Å²) in [6.07, 6.45) is 1.02. The number of nitrogens with zero attached hydrogens (tertiary/aromatic N) is 1. The van der Waals surface area contributed by atoms with Crippen LogP contribution in [0.3, 0.4) is 0 Å². The number of hydrogen-bond acceptors (Lipinski definition) is 4. The first-order chi connectivity index (χ1) is 6.79. The fourth-order valence-electron chi connectivity index (χ4n) is 1.27. The molecule has 0 aliphatic carbocycles. The van der Waals surface area contributed by atoms with Crippen LogP contribution in [0.15, 0.2) is 17.5 Å². The van der Waals surface area contributed by atoms with Crippen LogP contribution in [0.2, 0.25) is 0 Å². The van der Waals surface area contributed by atoms with Gasteiger partial charge >= 0.3 is 0 Å². The summed E-state index contributed by atoms with van der Waals surface area (Å²) >= 11 is 3.54. The van der Waals surface area contributed by atoms with Crippen molar-refractivity contribution in [2.24, 2.45) is 0 Å². The first-order valence-corrected chi connectivity index (χ1v) is 6.15. The van der Waals surface area contributed by atoms with E-state index >= 15 is 0 Å². The molecule has 2 rings (SSSR count). The van der Waals surface area contributed by atoms with Crippen molar-refractivity contribution in [1.29, 1.82) is 0 Å². The van der Waals surface area contributed by atoms with Gasteiger partial charge in [-0.3, -0.25) is 0 Å². The molecule has 0 aromatic carbocycles. The van der Waals surface area contributed by atoms with E-state index in [4.69, 9.17) is 0 Å². The van der Waals surface area contributed by atoms with Gasteiger partial charge in [0.05, 0.1) is 5.69 Å². The van der Waals surface area contributed by atoms with Gasteiger partial charge in [-0.2, -0.15) is 0 Å². The van der Waals surface area contributed by atoms with E-state index in [9.17, 15) is 0 Å². The molecular formula is C10H12N2S2. The molecule has 4 heteroatoms. The van der Waals surface area contributed by atoms with E-state index in [-0.39, 0.29) is 0 Å². The minimum atomic E-state index is 1.01. The van der Waals surface area contributed by atoms with Gasteiger partial charge in [0.25, 0.3) is 0 Å². The number of aromatic nitrogens is 1. The minimum absolute atomic E-state index is 1.01. The fourth-order valence-corrected chi connectivity index (χ4v) is 3.02. The highest BCUT2D eigenvalue weighted by Crippen LogP contribution is 2.26. The van der Waals surface area contributed by atoms with E-state index in [0.29, 0.717) is 0 Å². The second kappa shape index (κ2) is 4.11.